The number of nitrogens with zero attached hydrogens (tertiary/aromatic N) is 1. The quantitative estimate of drug-likeness (QED) is 0.627. The van der Waals surface area contributed by atoms with Gasteiger partial charge in [0.2, 0.25) is 0 Å². The van der Waals surface area contributed by atoms with Gasteiger partial charge in [-0.05, 0) is 12.3 Å². The third-order valence-corrected chi connectivity index (χ3v) is 3.55. The second-order valence-corrected chi connectivity index (χ2v) is 4.85. The molecule has 0 aromatic carbocycles. The number of rotatable bonds is 6. The molecule has 1 rings (SSSR count). The van der Waals surface area contributed by atoms with Gasteiger partial charge in [-0.1, -0.05) is 6.92 Å². The van der Waals surface area contributed by atoms with Crippen LogP contribution in [0.1, 0.15) is 19.8 Å². The number of methoxy groups -OCH3 is 1. The molecule has 0 aromatic heterocycles. The van der Waals surface area contributed by atoms with E-state index in [2.05, 4.69) is 5.32 Å². The molecule has 0 aromatic rings. The average Bonchev–Trinajstić information content (AvgIpc) is 2.74. The molecule has 1 saturated heterocycles. The highest BCUT2D eigenvalue weighted by atomic mass is 16.5. The maximum absolute atomic E-state index is 12.0. The topological polar surface area (TPSA) is 99.1 Å². The van der Waals surface area contributed by atoms with Crippen molar-refractivity contribution in [1.82, 2.24) is 10.2 Å². The highest BCUT2D eigenvalue weighted by Crippen LogP contribution is 2.23. The van der Waals surface area contributed by atoms with Crippen molar-refractivity contribution in [2.24, 2.45) is 5.92 Å². The van der Waals surface area contributed by atoms with Crippen LogP contribution in [0.15, 0.2) is 0 Å². The molecule has 0 bridgehead atoms. The zero-order valence-electron chi connectivity index (χ0n) is 11.3. The number of carbonyl (C=O) groups is 2. The number of hydrogen-bond donors (Lipinski definition) is 3. The lowest BCUT2D eigenvalue weighted by molar-refractivity contribution is -0.139. The van der Waals surface area contributed by atoms with Crippen LogP contribution >= 0.6 is 0 Å². The van der Waals surface area contributed by atoms with Gasteiger partial charge in [0, 0.05) is 20.2 Å². The lowest BCUT2D eigenvalue weighted by Crippen LogP contribution is -2.47. The molecular formula is C12H22N2O5. The molecule has 19 heavy (non-hydrogen) atoms. The van der Waals surface area contributed by atoms with Gasteiger partial charge in [0.05, 0.1) is 25.2 Å². The smallest absolute Gasteiger partial charge is 0.317 e. The van der Waals surface area contributed by atoms with Gasteiger partial charge >= 0.3 is 12.0 Å². The Kier molecular flexibility index (Phi) is 6.04. The monoisotopic (exact) mass is 274 g/mol. The van der Waals surface area contributed by atoms with E-state index in [4.69, 9.17) is 9.84 Å². The van der Waals surface area contributed by atoms with Crippen LogP contribution in [0.3, 0.4) is 0 Å². The Morgan fingerprint density at radius 3 is 2.74 bits per heavy atom. The zero-order chi connectivity index (χ0) is 14.4. The van der Waals surface area contributed by atoms with E-state index in [9.17, 15) is 14.7 Å². The Hall–Kier alpha value is -1.34. The normalized spacial score (nSPS) is 24.3. The lowest BCUT2D eigenvalue weighted by Gasteiger charge is -2.26. The predicted octanol–water partition coefficient (Wildman–Crippen LogP) is -0.112. The summed E-state index contributed by atoms with van der Waals surface area (Å²) in [4.78, 5) is 24.1. The third-order valence-electron chi connectivity index (χ3n) is 3.55. The van der Waals surface area contributed by atoms with Gasteiger partial charge in [0.25, 0.3) is 0 Å². The molecule has 1 aliphatic rings. The fourth-order valence-corrected chi connectivity index (χ4v) is 2.28. The number of carbonyl (C=O) groups excluding carboxylic acids is 1. The second-order valence-electron chi connectivity index (χ2n) is 4.85. The maximum Gasteiger partial charge on any atom is 0.317 e. The Morgan fingerprint density at radius 1 is 1.53 bits per heavy atom. The number of carboxylic acid groups (broad SMARTS) is 1. The molecule has 3 atom stereocenters. The first-order chi connectivity index (χ1) is 8.99. The molecular weight excluding hydrogens is 252 g/mol. The van der Waals surface area contributed by atoms with Crippen molar-refractivity contribution in [1.29, 1.82) is 0 Å². The highest BCUT2D eigenvalue weighted by molar-refractivity contribution is 5.75. The van der Waals surface area contributed by atoms with Crippen molar-refractivity contribution >= 4 is 12.0 Å². The van der Waals surface area contributed by atoms with Gasteiger partial charge in [-0.3, -0.25) is 4.79 Å². The van der Waals surface area contributed by atoms with Crippen molar-refractivity contribution in [3.8, 4) is 0 Å². The van der Waals surface area contributed by atoms with E-state index in [1.165, 1.54) is 7.11 Å². The van der Waals surface area contributed by atoms with E-state index in [1.54, 1.807) is 4.90 Å². The van der Waals surface area contributed by atoms with Crippen molar-refractivity contribution in [3.05, 3.63) is 0 Å². The van der Waals surface area contributed by atoms with E-state index in [0.717, 1.165) is 6.42 Å². The number of likely N-dealkylation sites (tertiary alicyclic amines) is 1. The van der Waals surface area contributed by atoms with E-state index >= 15 is 0 Å². The van der Waals surface area contributed by atoms with Crippen LogP contribution in [0.25, 0.3) is 0 Å². The summed E-state index contributed by atoms with van der Waals surface area (Å²) in [6, 6.07) is -0.448. The van der Waals surface area contributed by atoms with Gasteiger partial charge in [0.15, 0.2) is 0 Å². The van der Waals surface area contributed by atoms with Crippen molar-refractivity contribution < 1.29 is 24.5 Å². The van der Waals surface area contributed by atoms with Gasteiger partial charge in [-0.2, -0.15) is 0 Å². The van der Waals surface area contributed by atoms with Crippen LogP contribution in [0.5, 0.6) is 0 Å². The number of aliphatic carboxylic acids is 1. The third kappa shape index (κ3) is 4.36. The summed E-state index contributed by atoms with van der Waals surface area (Å²) in [6.07, 6.45) is 0.159. The van der Waals surface area contributed by atoms with Crippen LogP contribution < -0.4 is 5.32 Å². The van der Waals surface area contributed by atoms with Gasteiger partial charge in [-0.15, -0.1) is 0 Å². The molecule has 110 valence electrons. The Morgan fingerprint density at radius 2 is 2.21 bits per heavy atom. The predicted molar refractivity (Wildman–Crippen MR) is 67.8 cm³/mol. The number of aliphatic hydroxyl groups excluding tert-OH is 1. The fraction of sp³-hybridized carbons (Fsp3) is 0.833. The van der Waals surface area contributed by atoms with Crippen LogP contribution in [0, 0.1) is 5.92 Å². The number of hydrogen-bond acceptors (Lipinski definition) is 4. The van der Waals surface area contributed by atoms with Crippen molar-refractivity contribution in [2.45, 2.75) is 31.9 Å². The molecule has 0 radical (unpaired) electrons. The minimum Gasteiger partial charge on any atom is -0.481 e. The minimum absolute atomic E-state index is 0.0581. The fourth-order valence-electron chi connectivity index (χ4n) is 2.28. The van der Waals surface area contributed by atoms with Crippen molar-refractivity contribution in [2.75, 3.05) is 26.8 Å². The molecule has 1 heterocycles. The summed E-state index contributed by atoms with van der Waals surface area (Å²) < 4.78 is 4.99. The van der Waals surface area contributed by atoms with Crippen LogP contribution in [0.2, 0.25) is 0 Å². The second kappa shape index (κ2) is 7.30. The summed E-state index contributed by atoms with van der Waals surface area (Å²) in [6.45, 7) is 2.69. The van der Waals surface area contributed by atoms with E-state index in [-0.39, 0.29) is 37.6 Å². The van der Waals surface area contributed by atoms with Crippen LogP contribution in [-0.4, -0.2) is 66.1 Å². The summed E-state index contributed by atoms with van der Waals surface area (Å²) in [5.41, 5.74) is 0. The number of carboxylic acids is 1. The summed E-state index contributed by atoms with van der Waals surface area (Å²) in [5.74, 6) is -0.697. The maximum atomic E-state index is 12.0. The first kappa shape index (κ1) is 15.7. The molecule has 3 unspecified atom stereocenters. The van der Waals surface area contributed by atoms with Crippen LogP contribution in [-0.2, 0) is 9.53 Å². The van der Waals surface area contributed by atoms with E-state index in [1.807, 2.05) is 6.92 Å². The number of ether oxygens (including phenoxy) is 1. The first-order valence-electron chi connectivity index (χ1n) is 6.39. The Balaban J connectivity index is 2.44. The Labute approximate surface area is 112 Å². The lowest BCUT2D eigenvalue weighted by atomic mass is 10.0. The number of nitrogens with one attached hydrogen (secondary N) is 1. The largest absolute Gasteiger partial charge is 0.481 e. The van der Waals surface area contributed by atoms with E-state index in [0.29, 0.717) is 6.54 Å². The summed E-state index contributed by atoms with van der Waals surface area (Å²) in [7, 11) is 1.41. The summed E-state index contributed by atoms with van der Waals surface area (Å²) >= 11 is 0. The molecule has 7 heteroatoms. The molecule has 2 amide bonds. The number of amides is 2. The number of aliphatic hydroxyl groups is 1. The molecule has 0 saturated carbocycles. The van der Waals surface area contributed by atoms with Gasteiger partial charge in [-0.25, -0.2) is 4.79 Å². The zero-order valence-corrected chi connectivity index (χ0v) is 11.3. The molecule has 0 spiro atoms. The van der Waals surface area contributed by atoms with E-state index < -0.39 is 12.1 Å². The molecule has 3 N–H and O–H groups in total. The van der Waals surface area contributed by atoms with Gasteiger partial charge in [0.1, 0.15) is 0 Å². The minimum atomic E-state index is -0.968. The highest BCUT2D eigenvalue weighted by Gasteiger charge is 2.33. The SMILES string of the molecule is COC(CNC(=O)N1CCC(C)C1CO)CC(=O)O. The van der Waals surface area contributed by atoms with Crippen LogP contribution in [0.4, 0.5) is 4.79 Å². The average molecular weight is 274 g/mol. The standard InChI is InChI=1S/C12H22N2O5/c1-8-3-4-14(10(8)7-15)12(18)13-6-9(19-2)5-11(16)17/h8-10,15H,3-7H2,1-2H3,(H,13,18)(H,16,17). The number of urea groups is 1. The first-order valence-corrected chi connectivity index (χ1v) is 6.39. The Bertz CT molecular complexity index is 323. The molecule has 1 aliphatic heterocycles. The molecule has 7 nitrogen and oxygen atoms in total. The summed E-state index contributed by atoms with van der Waals surface area (Å²) in [5, 5.41) is 20.6. The van der Waals surface area contributed by atoms with Gasteiger partial charge < -0.3 is 25.2 Å². The molecule has 1 fully saturated rings. The van der Waals surface area contributed by atoms with Crippen molar-refractivity contribution in [3.63, 3.8) is 0 Å². The molecule has 0 aliphatic carbocycles.